The summed E-state index contributed by atoms with van der Waals surface area (Å²) >= 11 is 14.3. The predicted octanol–water partition coefficient (Wildman–Crippen LogP) is 5.20. The molecule has 0 atom stereocenters. The first-order valence-electron chi connectivity index (χ1n) is 5.42. The van der Waals surface area contributed by atoms with E-state index in [1.807, 2.05) is 30.3 Å². The van der Waals surface area contributed by atoms with E-state index in [0.29, 0.717) is 16.4 Å². The van der Waals surface area contributed by atoms with Crippen LogP contribution in [-0.4, -0.2) is 17.9 Å². The Labute approximate surface area is 137 Å². The summed E-state index contributed by atoms with van der Waals surface area (Å²) in [7, 11) is 1.77. The van der Waals surface area contributed by atoms with E-state index in [4.69, 9.17) is 11.6 Å². The summed E-state index contributed by atoms with van der Waals surface area (Å²) in [5.74, 6) is -0.0173. The van der Waals surface area contributed by atoms with Crippen molar-refractivity contribution in [3.8, 4) is 0 Å². The van der Waals surface area contributed by atoms with Crippen LogP contribution >= 0.6 is 54.8 Å². The van der Waals surface area contributed by atoms with Crippen molar-refractivity contribution in [3.63, 3.8) is 0 Å². The van der Waals surface area contributed by atoms with Gasteiger partial charge in [-0.3, -0.25) is 4.79 Å². The van der Waals surface area contributed by atoms with E-state index in [1.54, 1.807) is 11.9 Å². The lowest BCUT2D eigenvalue weighted by molar-refractivity contribution is 0.0790. The van der Waals surface area contributed by atoms with Gasteiger partial charge in [-0.1, -0.05) is 29.8 Å². The van der Waals surface area contributed by atoms with E-state index in [1.165, 1.54) is 11.3 Å². The molecule has 0 aliphatic carbocycles. The molecular weight excluding hydrogens is 413 g/mol. The molecule has 0 spiro atoms. The van der Waals surface area contributed by atoms with E-state index in [2.05, 4.69) is 31.9 Å². The quantitative estimate of drug-likeness (QED) is 0.665. The highest BCUT2D eigenvalue weighted by molar-refractivity contribution is 9.13. The minimum atomic E-state index is -0.0173. The van der Waals surface area contributed by atoms with Crippen molar-refractivity contribution in [2.75, 3.05) is 7.05 Å². The summed E-state index contributed by atoms with van der Waals surface area (Å²) < 4.78 is 1.81. The fraction of sp³-hybridized carbons (Fsp3) is 0.154. The molecule has 0 fully saturated rings. The number of halogens is 3. The smallest absolute Gasteiger partial charge is 0.264 e. The first-order chi connectivity index (χ1) is 8.99. The Bertz CT molecular complexity index is 595. The van der Waals surface area contributed by atoms with Crippen LogP contribution in [0.1, 0.15) is 15.2 Å². The summed E-state index contributed by atoms with van der Waals surface area (Å²) in [5, 5.41) is 0.677. The van der Waals surface area contributed by atoms with Gasteiger partial charge in [-0.25, -0.2) is 0 Å². The average molecular weight is 424 g/mol. The van der Waals surface area contributed by atoms with Crippen LogP contribution in [0.15, 0.2) is 38.6 Å². The van der Waals surface area contributed by atoms with Gasteiger partial charge in [0.25, 0.3) is 5.91 Å². The Morgan fingerprint density at radius 1 is 1.37 bits per heavy atom. The second kappa shape index (κ2) is 6.39. The van der Waals surface area contributed by atoms with Crippen molar-refractivity contribution in [3.05, 3.63) is 54.1 Å². The van der Waals surface area contributed by atoms with Crippen molar-refractivity contribution >= 4 is 60.7 Å². The molecule has 2 nitrogen and oxygen atoms in total. The molecule has 1 aromatic carbocycles. The Morgan fingerprint density at radius 2 is 2.05 bits per heavy atom. The molecule has 100 valence electrons. The maximum atomic E-state index is 12.3. The first-order valence-corrected chi connectivity index (χ1v) is 8.21. The first kappa shape index (κ1) is 15.0. The molecule has 0 N–H and O–H groups in total. The number of amides is 1. The van der Waals surface area contributed by atoms with E-state index in [0.717, 1.165) is 13.8 Å². The molecule has 2 rings (SSSR count). The number of nitrogens with zero attached hydrogens (tertiary/aromatic N) is 1. The average Bonchev–Trinajstić information content (AvgIpc) is 2.71. The Hall–Kier alpha value is -0.360. The Kier molecular flexibility index (Phi) is 5.06. The Balaban J connectivity index is 2.14. The number of benzene rings is 1. The summed E-state index contributed by atoms with van der Waals surface area (Å²) in [6.07, 6.45) is 0. The van der Waals surface area contributed by atoms with Gasteiger partial charge in [-0.15, -0.1) is 11.3 Å². The molecule has 0 unspecified atom stereocenters. The number of hydrogen-bond acceptors (Lipinski definition) is 2. The van der Waals surface area contributed by atoms with E-state index >= 15 is 0 Å². The lowest BCUT2D eigenvalue weighted by atomic mass is 10.2. The second-order valence-electron chi connectivity index (χ2n) is 3.98. The van der Waals surface area contributed by atoms with Crippen LogP contribution < -0.4 is 0 Å². The van der Waals surface area contributed by atoms with Gasteiger partial charge in [0.15, 0.2) is 0 Å². The van der Waals surface area contributed by atoms with E-state index < -0.39 is 0 Å². The fourth-order valence-corrected chi connectivity index (χ4v) is 3.82. The largest absolute Gasteiger partial charge is 0.337 e. The van der Waals surface area contributed by atoms with Crippen molar-refractivity contribution in [1.82, 2.24) is 4.90 Å². The van der Waals surface area contributed by atoms with Gasteiger partial charge >= 0.3 is 0 Å². The van der Waals surface area contributed by atoms with Gasteiger partial charge in [0.2, 0.25) is 0 Å². The fourth-order valence-electron chi connectivity index (χ4n) is 1.59. The normalized spacial score (nSPS) is 10.5. The van der Waals surface area contributed by atoms with Gasteiger partial charge in [-0.2, -0.15) is 0 Å². The zero-order valence-corrected chi connectivity index (χ0v) is 14.7. The SMILES string of the molecule is CN(Cc1ccccc1Cl)C(=O)c1cc(Br)c(Br)s1. The molecule has 1 amide bonds. The summed E-state index contributed by atoms with van der Waals surface area (Å²) in [6.45, 7) is 0.492. The third-order valence-electron chi connectivity index (χ3n) is 2.57. The van der Waals surface area contributed by atoms with Gasteiger partial charge in [0, 0.05) is 23.1 Å². The minimum Gasteiger partial charge on any atom is -0.337 e. The molecule has 0 bridgehead atoms. The van der Waals surface area contributed by atoms with Crippen LogP contribution in [0.4, 0.5) is 0 Å². The Morgan fingerprint density at radius 3 is 2.63 bits per heavy atom. The number of rotatable bonds is 3. The zero-order valence-electron chi connectivity index (χ0n) is 9.99. The van der Waals surface area contributed by atoms with Crippen molar-refractivity contribution < 1.29 is 4.79 Å². The molecule has 0 saturated carbocycles. The second-order valence-corrected chi connectivity index (χ2v) is 7.62. The standard InChI is InChI=1S/C13H10Br2ClNOS/c1-17(7-8-4-2-3-5-10(8)16)13(18)11-6-9(14)12(15)19-11/h2-6H,7H2,1H3. The lowest BCUT2D eigenvalue weighted by Gasteiger charge is -2.17. The maximum Gasteiger partial charge on any atom is 0.264 e. The summed E-state index contributed by atoms with van der Waals surface area (Å²) in [4.78, 5) is 14.6. The van der Waals surface area contributed by atoms with Crippen molar-refractivity contribution in [2.45, 2.75) is 6.54 Å². The van der Waals surface area contributed by atoms with Crippen LogP contribution in [0, 0.1) is 0 Å². The van der Waals surface area contributed by atoms with Crippen LogP contribution in [0.25, 0.3) is 0 Å². The monoisotopic (exact) mass is 421 g/mol. The maximum absolute atomic E-state index is 12.3. The molecule has 0 aliphatic rings. The highest BCUT2D eigenvalue weighted by Gasteiger charge is 2.17. The van der Waals surface area contributed by atoms with Crippen molar-refractivity contribution in [1.29, 1.82) is 0 Å². The van der Waals surface area contributed by atoms with Gasteiger partial charge < -0.3 is 4.90 Å². The van der Waals surface area contributed by atoms with Crippen LogP contribution in [0.5, 0.6) is 0 Å². The molecule has 0 aliphatic heterocycles. The number of thiophene rings is 1. The van der Waals surface area contributed by atoms with Crippen LogP contribution in [0.3, 0.4) is 0 Å². The molecular formula is C13H10Br2ClNOS. The van der Waals surface area contributed by atoms with Crippen molar-refractivity contribution in [2.24, 2.45) is 0 Å². The van der Waals surface area contributed by atoms with E-state index in [9.17, 15) is 4.79 Å². The van der Waals surface area contributed by atoms with Crippen LogP contribution in [-0.2, 0) is 6.54 Å². The summed E-state index contributed by atoms with van der Waals surface area (Å²) in [6, 6.07) is 9.36. The highest BCUT2D eigenvalue weighted by Crippen LogP contribution is 2.33. The van der Waals surface area contributed by atoms with Crippen LogP contribution in [0.2, 0.25) is 5.02 Å². The van der Waals surface area contributed by atoms with Gasteiger partial charge in [0.1, 0.15) is 0 Å². The lowest BCUT2D eigenvalue weighted by Crippen LogP contribution is -2.25. The minimum absolute atomic E-state index is 0.0173. The summed E-state index contributed by atoms with van der Waals surface area (Å²) in [5.41, 5.74) is 0.940. The zero-order chi connectivity index (χ0) is 14.0. The van der Waals surface area contributed by atoms with Gasteiger partial charge in [0.05, 0.1) is 8.66 Å². The molecule has 0 saturated heterocycles. The van der Waals surface area contributed by atoms with Gasteiger partial charge in [-0.05, 0) is 49.6 Å². The molecule has 2 aromatic rings. The molecule has 6 heteroatoms. The number of carbonyl (C=O) groups is 1. The highest BCUT2D eigenvalue weighted by atomic mass is 79.9. The number of hydrogen-bond donors (Lipinski definition) is 0. The van der Waals surface area contributed by atoms with E-state index in [-0.39, 0.29) is 5.91 Å². The predicted molar refractivity (Wildman–Crippen MR) is 87.0 cm³/mol. The topological polar surface area (TPSA) is 20.3 Å². The third kappa shape index (κ3) is 3.60. The molecule has 1 aromatic heterocycles. The molecule has 19 heavy (non-hydrogen) atoms. The molecule has 1 heterocycles. The molecule has 0 radical (unpaired) electrons. The number of carbonyl (C=O) groups excluding carboxylic acids is 1. The third-order valence-corrected chi connectivity index (χ3v) is 6.18.